The number of nitrogens with two attached hydrogens (primary N) is 1. The molecule has 1 aromatic rings. The number of rotatable bonds is 5. The summed E-state index contributed by atoms with van der Waals surface area (Å²) in [5.41, 5.74) is 4.22. The van der Waals surface area contributed by atoms with Crippen LogP contribution in [-0.4, -0.2) is 36.4 Å². The maximum Gasteiger partial charge on any atom is 0.233 e. The first-order valence-corrected chi connectivity index (χ1v) is 4.96. The van der Waals surface area contributed by atoms with E-state index in [0.717, 1.165) is 11.4 Å². The minimum Gasteiger partial charge on any atom is -0.358 e. The molecular weight excluding hydrogens is 206 g/mol. The van der Waals surface area contributed by atoms with Gasteiger partial charge in [-0.15, -0.1) is 0 Å². The van der Waals surface area contributed by atoms with Gasteiger partial charge < -0.3 is 10.7 Å². The maximum atomic E-state index is 11.1. The predicted octanol–water partition coefficient (Wildman–Crippen LogP) is -0.455. The summed E-state index contributed by atoms with van der Waals surface area (Å²) in [5.74, 6) is 5.28. The first kappa shape index (κ1) is 12.4. The topological polar surface area (TPSA) is 83.3 Å². The van der Waals surface area contributed by atoms with Crippen LogP contribution >= 0.6 is 0 Å². The van der Waals surface area contributed by atoms with Crippen LogP contribution in [0.2, 0.25) is 0 Å². The van der Waals surface area contributed by atoms with E-state index in [9.17, 15) is 4.79 Å². The van der Waals surface area contributed by atoms with Crippen LogP contribution in [0.3, 0.4) is 0 Å². The van der Waals surface area contributed by atoms with Crippen molar-refractivity contribution >= 4 is 11.6 Å². The second-order valence-electron chi connectivity index (χ2n) is 3.53. The molecule has 1 rings (SSSR count). The highest BCUT2D eigenvalue weighted by molar-refractivity contribution is 5.77. The molecule has 0 bridgehead atoms. The number of nitrogen functional groups attached to an aromatic ring is 1. The molecule has 0 aromatic carbocycles. The Morgan fingerprint density at radius 2 is 2.38 bits per heavy atom. The molecule has 88 valence electrons. The monoisotopic (exact) mass is 223 g/mol. The number of carbonyl (C=O) groups is 1. The number of hydrogen-bond donors (Lipinski definition) is 3. The lowest BCUT2D eigenvalue weighted by Crippen LogP contribution is -2.32. The van der Waals surface area contributed by atoms with E-state index in [2.05, 4.69) is 15.7 Å². The van der Waals surface area contributed by atoms with Crippen LogP contribution < -0.4 is 16.6 Å². The molecule has 0 aliphatic carbocycles. The molecule has 0 aliphatic rings. The number of likely N-dealkylation sites (N-methyl/N-ethyl adjacent to an activating group) is 2. The zero-order valence-corrected chi connectivity index (χ0v) is 9.53. The van der Waals surface area contributed by atoms with Crippen LogP contribution in [0.15, 0.2) is 18.3 Å². The zero-order valence-electron chi connectivity index (χ0n) is 9.53. The number of hydrazine groups is 1. The fourth-order valence-electron chi connectivity index (χ4n) is 1.31. The first-order valence-electron chi connectivity index (χ1n) is 4.96. The molecule has 6 heteroatoms. The Morgan fingerprint density at radius 1 is 1.62 bits per heavy atom. The van der Waals surface area contributed by atoms with Gasteiger partial charge in [0.25, 0.3) is 0 Å². The van der Waals surface area contributed by atoms with Crippen LogP contribution in [0, 0.1) is 0 Å². The van der Waals surface area contributed by atoms with Gasteiger partial charge in [0.15, 0.2) is 0 Å². The normalized spacial score (nSPS) is 10.2. The molecule has 0 unspecified atom stereocenters. The highest BCUT2D eigenvalue weighted by Crippen LogP contribution is 2.07. The molecule has 0 fully saturated rings. The second kappa shape index (κ2) is 6.04. The number of nitrogens with one attached hydrogen (secondary N) is 2. The van der Waals surface area contributed by atoms with E-state index in [1.54, 1.807) is 19.3 Å². The number of pyridine rings is 1. The number of amides is 1. The summed E-state index contributed by atoms with van der Waals surface area (Å²) in [5, 5.41) is 2.57. The van der Waals surface area contributed by atoms with Crippen LogP contribution in [-0.2, 0) is 11.3 Å². The Hall–Kier alpha value is -1.66. The number of aromatic nitrogens is 1. The van der Waals surface area contributed by atoms with Crippen molar-refractivity contribution in [2.45, 2.75) is 6.54 Å². The van der Waals surface area contributed by atoms with E-state index in [-0.39, 0.29) is 5.91 Å². The van der Waals surface area contributed by atoms with E-state index in [1.807, 2.05) is 18.0 Å². The van der Waals surface area contributed by atoms with Gasteiger partial charge in [0.05, 0.1) is 17.9 Å². The average molecular weight is 223 g/mol. The predicted molar refractivity (Wildman–Crippen MR) is 62.4 cm³/mol. The molecule has 1 amide bonds. The fraction of sp³-hybridized carbons (Fsp3) is 0.400. The summed E-state index contributed by atoms with van der Waals surface area (Å²) in [6, 6.07) is 3.63. The van der Waals surface area contributed by atoms with Gasteiger partial charge in [-0.2, -0.15) is 0 Å². The number of anilines is 1. The lowest BCUT2D eigenvalue weighted by atomic mass is 10.3. The van der Waals surface area contributed by atoms with Gasteiger partial charge in [0.1, 0.15) is 0 Å². The molecule has 6 nitrogen and oxygen atoms in total. The van der Waals surface area contributed by atoms with Gasteiger partial charge >= 0.3 is 0 Å². The highest BCUT2D eigenvalue weighted by Gasteiger charge is 2.06. The summed E-state index contributed by atoms with van der Waals surface area (Å²) in [6.45, 7) is 0.946. The minimum absolute atomic E-state index is 0.0180. The Kier molecular flexibility index (Phi) is 4.68. The molecule has 0 atom stereocenters. The smallest absolute Gasteiger partial charge is 0.233 e. The van der Waals surface area contributed by atoms with Crippen LogP contribution in [0.25, 0.3) is 0 Å². The van der Waals surface area contributed by atoms with Crippen molar-refractivity contribution < 1.29 is 4.79 Å². The van der Waals surface area contributed by atoms with Gasteiger partial charge in [0, 0.05) is 19.8 Å². The van der Waals surface area contributed by atoms with Crippen molar-refractivity contribution in [2.24, 2.45) is 5.84 Å². The highest BCUT2D eigenvalue weighted by atomic mass is 16.1. The van der Waals surface area contributed by atoms with Crippen molar-refractivity contribution in [3.05, 3.63) is 24.0 Å². The van der Waals surface area contributed by atoms with E-state index in [4.69, 9.17) is 5.84 Å². The van der Waals surface area contributed by atoms with Crippen LogP contribution in [0.1, 0.15) is 5.69 Å². The van der Waals surface area contributed by atoms with Gasteiger partial charge in [-0.1, -0.05) is 0 Å². The van der Waals surface area contributed by atoms with Crippen molar-refractivity contribution in [3.63, 3.8) is 0 Å². The van der Waals surface area contributed by atoms with Gasteiger partial charge in [-0.05, 0) is 19.2 Å². The third-order valence-corrected chi connectivity index (χ3v) is 2.11. The third-order valence-electron chi connectivity index (χ3n) is 2.11. The van der Waals surface area contributed by atoms with Crippen LogP contribution in [0.5, 0.6) is 0 Å². The Bertz CT molecular complexity index is 355. The lowest BCUT2D eigenvalue weighted by molar-refractivity contribution is -0.121. The molecule has 0 saturated heterocycles. The summed E-state index contributed by atoms with van der Waals surface area (Å²) in [6.07, 6.45) is 1.68. The van der Waals surface area contributed by atoms with E-state index in [1.165, 1.54) is 0 Å². The zero-order chi connectivity index (χ0) is 12.0. The summed E-state index contributed by atoms with van der Waals surface area (Å²) < 4.78 is 0. The standard InChI is InChI=1S/C10H17N5O/c1-12-10(16)7-15(2)6-9-5-8(14-11)3-4-13-9/h3-5H,6-7,11H2,1-2H3,(H,12,16)(H,13,14). The van der Waals surface area contributed by atoms with Crippen molar-refractivity contribution in [2.75, 3.05) is 26.1 Å². The SMILES string of the molecule is CNC(=O)CN(C)Cc1cc(NN)ccn1. The van der Waals surface area contributed by atoms with Gasteiger partial charge in [0.2, 0.25) is 5.91 Å². The van der Waals surface area contributed by atoms with Crippen LogP contribution in [0.4, 0.5) is 5.69 Å². The molecule has 0 aliphatic heterocycles. The third kappa shape index (κ3) is 3.84. The largest absolute Gasteiger partial charge is 0.358 e. The second-order valence-corrected chi connectivity index (χ2v) is 3.53. The molecule has 1 heterocycles. The molecular formula is C10H17N5O. The number of hydrogen-bond acceptors (Lipinski definition) is 5. The van der Waals surface area contributed by atoms with E-state index >= 15 is 0 Å². The first-order chi connectivity index (χ1) is 7.65. The summed E-state index contributed by atoms with van der Waals surface area (Å²) >= 11 is 0. The fourth-order valence-corrected chi connectivity index (χ4v) is 1.31. The van der Waals surface area contributed by atoms with Gasteiger partial charge in [-0.3, -0.25) is 20.5 Å². The molecule has 1 aromatic heterocycles. The summed E-state index contributed by atoms with van der Waals surface area (Å²) in [7, 11) is 3.48. The number of carbonyl (C=O) groups excluding carboxylic acids is 1. The Morgan fingerprint density at radius 3 is 3.00 bits per heavy atom. The molecule has 0 spiro atoms. The van der Waals surface area contributed by atoms with E-state index in [0.29, 0.717) is 13.1 Å². The van der Waals surface area contributed by atoms with Gasteiger partial charge in [-0.25, -0.2) is 0 Å². The Labute approximate surface area is 94.8 Å². The minimum atomic E-state index is -0.0180. The molecule has 4 N–H and O–H groups in total. The molecule has 16 heavy (non-hydrogen) atoms. The lowest BCUT2D eigenvalue weighted by Gasteiger charge is -2.15. The quantitative estimate of drug-likeness (QED) is 0.465. The molecule has 0 saturated carbocycles. The molecule has 0 radical (unpaired) electrons. The summed E-state index contributed by atoms with van der Waals surface area (Å²) in [4.78, 5) is 17.2. The number of nitrogens with zero attached hydrogens (tertiary/aromatic N) is 2. The van der Waals surface area contributed by atoms with E-state index < -0.39 is 0 Å². The van der Waals surface area contributed by atoms with Crippen molar-refractivity contribution in [3.8, 4) is 0 Å². The Balaban J connectivity index is 2.55. The maximum absolute atomic E-state index is 11.1. The van der Waals surface area contributed by atoms with Crippen molar-refractivity contribution in [1.82, 2.24) is 15.2 Å². The average Bonchev–Trinajstić information content (AvgIpc) is 2.28. The van der Waals surface area contributed by atoms with Crippen molar-refractivity contribution in [1.29, 1.82) is 0 Å².